The minimum Gasteiger partial charge on any atom is -0.384 e. The van der Waals surface area contributed by atoms with Gasteiger partial charge in [-0.2, -0.15) is 0 Å². The fourth-order valence-electron chi connectivity index (χ4n) is 1.52. The summed E-state index contributed by atoms with van der Waals surface area (Å²) < 4.78 is 0. The van der Waals surface area contributed by atoms with Crippen molar-refractivity contribution in [1.29, 1.82) is 0 Å². The average Bonchev–Trinajstić information content (AvgIpc) is 2.29. The van der Waals surface area contributed by atoms with Gasteiger partial charge in [-0.3, -0.25) is 0 Å². The molecule has 1 aromatic heterocycles. The number of rotatable bonds is 2. The highest BCUT2D eigenvalue weighted by Gasteiger charge is 2.02. The molecule has 16 heavy (non-hydrogen) atoms. The number of nitrogen functional groups attached to an aromatic ring is 1. The maximum Gasteiger partial charge on any atom is 0.125 e. The molecule has 0 amide bonds. The fraction of sp³-hybridized carbons (Fsp3) is 0.154. The first-order chi connectivity index (χ1) is 7.69. The predicted octanol–water partition coefficient (Wildman–Crippen LogP) is 3.36. The number of aryl methyl sites for hydroxylation is 1. The van der Waals surface area contributed by atoms with Crippen LogP contribution in [0.4, 0.5) is 5.82 Å². The van der Waals surface area contributed by atoms with E-state index in [0.29, 0.717) is 5.82 Å². The Labute approximate surface area is 99.9 Å². The summed E-state index contributed by atoms with van der Waals surface area (Å²) in [5.41, 5.74) is 9.07. The molecule has 0 aliphatic rings. The van der Waals surface area contributed by atoms with E-state index in [9.17, 15) is 0 Å². The summed E-state index contributed by atoms with van der Waals surface area (Å²) >= 11 is 1.67. The lowest BCUT2D eigenvalue weighted by Gasteiger charge is -2.05. The minimum absolute atomic E-state index is 0.572. The monoisotopic (exact) mass is 230 g/mol. The summed E-state index contributed by atoms with van der Waals surface area (Å²) in [4.78, 5) is 5.49. The van der Waals surface area contributed by atoms with Crippen molar-refractivity contribution in [2.24, 2.45) is 0 Å². The molecule has 1 heterocycles. The van der Waals surface area contributed by atoms with Crippen LogP contribution in [0.3, 0.4) is 0 Å². The molecule has 0 saturated carbocycles. The first-order valence-corrected chi connectivity index (χ1v) is 6.30. The molecular formula is C13H14N2S. The molecule has 0 saturated heterocycles. The normalized spacial score (nSPS) is 10.4. The average molecular weight is 230 g/mol. The zero-order valence-electron chi connectivity index (χ0n) is 9.40. The van der Waals surface area contributed by atoms with Gasteiger partial charge in [0.15, 0.2) is 0 Å². The quantitative estimate of drug-likeness (QED) is 0.804. The van der Waals surface area contributed by atoms with Crippen molar-refractivity contribution >= 4 is 17.6 Å². The highest BCUT2D eigenvalue weighted by Crippen LogP contribution is 2.24. The van der Waals surface area contributed by atoms with E-state index in [0.717, 1.165) is 16.2 Å². The van der Waals surface area contributed by atoms with Crippen LogP contribution in [0.25, 0.3) is 11.3 Å². The van der Waals surface area contributed by atoms with E-state index < -0.39 is 0 Å². The molecule has 82 valence electrons. The molecule has 3 heteroatoms. The number of hydrogen-bond donors (Lipinski definition) is 1. The maximum absolute atomic E-state index is 5.78. The van der Waals surface area contributed by atoms with Crippen molar-refractivity contribution < 1.29 is 0 Å². The topological polar surface area (TPSA) is 38.9 Å². The van der Waals surface area contributed by atoms with Gasteiger partial charge in [-0.15, -0.1) is 11.8 Å². The Bertz CT molecular complexity index is 492. The van der Waals surface area contributed by atoms with Gasteiger partial charge < -0.3 is 5.73 Å². The van der Waals surface area contributed by atoms with E-state index >= 15 is 0 Å². The Hall–Kier alpha value is -1.48. The van der Waals surface area contributed by atoms with Crippen LogP contribution in [0.1, 0.15) is 5.56 Å². The highest BCUT2D eigenvalue weighted by molar-refractivity contribution is 7.98. The van der Waals surface area contributed by atoms with Gasteiger partial charge in [0, 0.05) is 10.5 Å². The van der Waals surface area contributed by atoms with Crippen LogP contribution >= 0.6 is 11.8 Å². The molecule has 1 aromatic carbocycles. The van der Waals surface area contributed by atoms with Crippen molar-refractivity contribution in [3.05, 3.63) is 42.0 Å². The van der Waals surface area contributed by atoms with Crippen LogP contribution in [0.15, 0.2) is 41.3 Å². The van der Waals surface area contributed by atoms with Crippen molar-refractivity contribution in [1.82, 2.24) is 4.98 Å². The number of anilines is 1. The van der Waals surface area contributed by atoms with Crippen molar-refractivity contribution in [3.63, 3.8) is 0 Å². The van der Waals surface area contributed by atoms with Gasteiger partial charge in [-0.05, 0) is 25.3 Å². The molecule has 0 aliphatic carbocycles. The molecular weight excluding hydrogens is 216 g/mol. The second-order valence-electron chi connectivity index (χ2n) is 3.68. The molecule has 2 aromatic rings. The van der Waals surface area contributed by atoms with Crippen LogP contribution in [0.2, 0.25) is 0 Å². The van der Waals surface area contributed by atoms with E-state index in [4.69, 9.17) is 5.73 Å². The van der Waals surface area contributed by atoms with E-state index in [-0.39, 0.29) is 0 Å². The van der Waals surface area contributed by atoms with Gasteiger partial charge in [0.25, 0.3) is 0 Å². The minimum atomic E-state index is 0.572. The Morgan fingerprint density at radius 1 is 1.12 bits per heavy atom. The Morgan fingerprint density at radius 3 is 2.44 bits per heavy atom. The molecule has 0 bridgehead atoms. The fourth-order valence-corrected chi connectivity index (χ4v) is 1.98. The zero-order chi connectivity index (χ0) is 11.5. The zero-order valence-corrected chi connectivity index (χ0v) is 10.2. The summed E-state index contributed by atoms with van der Waals surface area (Å²) in [6.07, 6.45) is 2.04. The SMILES string of the molecule is CSc1cc(N)nc(-c2ccc(C)cc2)c1. The number of benzene rings is 1. The third-order valence-electron chi connectivity index (χ3n) is 2.40. The summed E-state index contributed by atoms with van der Waals surface area (Å²) in [5, 5.41) is 0. The lowest BCUT2D eigenvalue weighted by molar-refractivity contribution is 1.27. The van der Waals surface area contributed by atoms with Gasteiger partial charge in [-0.1, -0.05) is 29.8 Å². The molecule has 0 fully saturated rings. The van der Waals surface area contributed by atoms with E-state index in [1.165, 1.54) is 5.56 Å². The Morgan fingerprint density at radius 2 is 1.81 bits per heavy atom. The number of nitrogens with zero attached hydrogens (tertiary/aromatic N) is 1. The molecule has 2 nitrogen and oxygen atoms in total. The smallest absolute Gasteiger partial charge is 0.125 e. The second kappa shape index (κ2) is 4.58. The summed E-state index contributed by atoms with van der Waals surface area (Å²) in [6.45, 7) is 2.07. The van der Waals surface area contributed by atoms with Crippen LogP contribution in [0.5, 0.6) is 0 Å². The van der Waals surface area contributed by atoms with Gasteiger partial charge in [-0.25, -0.2) is 4.98 Å². The molecule has 0 spiro atoms. The van der Waals surface area contributed by atoms with Gasteiger partial charge in [0.2, 0.25) is 0 Å². The number of aromatic nitrogens is 1. The standard InChI is InChI=1S/C13H14N2S/c1-9-3-5-10(6-4-9)12-7-11(16-2)8-13(14)15-12/h3-8H,1-2H3,(H2,14,15). The molecule has 0 atom stereocenters. The summed E-state index contributed by atoms with van der Waals surface area (Å²) in [7, 11) is 0. The molecule has 0 aliphatic heterocycles. The van der Waals surface area contributed by atoms with Crippen molar-refractivity contribution in [3.8, 4) is 11.3 Å². The van der Waals surface area contributed by atoms with E-state index in [2.05, 4.69) is 42.2 Å². The Kier molecular flexibility index (Phi) is 3.15. The number of hydrogen-bond acceptors (Lipinski definition) is 3. The van der Waals surface area contributed by atoms with Crippen molar-refractivity contribution in [2.75, 3.05) is 12.0 Å². The van der Waals surface area contributed by atoms with Crippen LogP contribution < -0.4 is 5.73 Å². The summed E-state index contributed by atoms with van der Waals surface area (Å²) in [6, 6.07) is 12.3. The molecule has 0 unspecified atom stereocenters. The van der Waals surface area contributed by atoms with Crippen LogP contribution in [-0.2, 0) is 0 Å². The second-order valence-corrected chi connectivity index (χ2v) is 4.56. The third kappa shape index (κ3) is 2.36. The van der Waals surface area contributed by atoms with E-state index in [1.807, 2.05) is 12.3 Å². The van der Waals surface area contributed by atoms with E-state index in [1.54, 1.807) is 11.8 Å². The maximum atomic E-state index is 5.78. The molecule has 0 radical (unpaired) electrons. The van der Waals surface area contributed by atoms with Gasteiger partial charge in [0.1, 0.15) is 5.82 Å². The third-order valence-corrected chi connectivity index (χ3v) is 3.11. The first kappa shape index (κ1) is 11.0. The largest absolute Gasteiger partial charge is 0.384 e. The Balaban J connectivity index is 2.47. The van der Waals surface area contributed by atoms with Crippen LogP contribution in [0, 0.1) is 6.92 Å². The van der Waals surface area contributed by atoms with Gasteiger partial charge >= 0.3 is 0 Å². The lowest BCUT2D eigenvalue weighted by atomic mass is 10.1. The number of nitrogens with two attached hydrogens (primary N) is 1. The highest BCUT2D eigenvalue weighted by atomic mass is 32.2. The van der Waals surface area contributed by atoms with Crippen LogP contribution in [-0.4, -0.2) is 11.2 Å². The predicted molar refractivity (Wildman–Crippen MR) is 70.6 cm³/mol. The number of pyridine rings is 1. The van der Waals surface area contributed by atoms with Gasteiger partial charge in [0.05, 0.1) is 5.69 Å². The van der Waals surface area contributed by atoms with Crippen molar-refractivity contribution in [2.45, 2.75) is 11.8 Å². The summed E-state index contributed by atoms with van der Waals surface area (Å²) in [5.74, 6) is 0.572. The lowest BCUT2D eigenvalue weighted by Crippen LogP contribution is -1.93. The first-order valence-electron chi connectivity index (χ1n) is 5.07. The number of thioether (sulfide) groups is 1. The molecule has 2 rings (SSSR count). The molecule has 2 N–H and O–H groups in total.